The van der Waals surface area contributed by atoms with Crippen LogP contribution in [0.3, 0.4) is 0 Å². The summed E-state index contributed by atoms with van der Waals surface area (Å²) < 4.78 is 5.47. The SMILES string of the molecule is CC(C)OCCCCNCCCC(C)(C)C(N)=NO. The van der Waals surface area contributed by atoms with E-state index in [2.05, 4.69) is 24.3 Å². The van der Waals surface area contributed by atoms with E-state index < -0.39 is 0 Å². The Morgan fingerprint density at radius 2 is 1.89 bits per heavy atom. The van der Waals surface area contributed by atoms with E-state index in [0.29, 0.717) is 11.9 Å². The van der Waals surface area contributed by atoms with Gasteiger partial charge in [-0.1, -0.05) is 19.0 Å². The minimum absolute atomic E-state index is 0.235. The maximum absolute atomic E-state index is 8.67. The number of hydrogen-bond acceptors (Lipinski definition) is 4. The van der Waals surface area contributed by atoms with Gasteiger partial charge in [-0.25, -0.2) is 0 Å². The van der Waals surface area contributed by atoms with E-state index in [-0.39, 0.29) is 5.41 Å². The number of rotatable bonds is 11. The van der Waals surface area contributed by atoms with Gasteiger partial charge in [0.1, 0.15) is 5.84 Å². The lowest BCUT2D eigenvalue weighted by Crippen LogP contribution is -2.32. The predicted molar refractivity (Wildman–Crippen MR) is 79.6 cm³/mol. The summed E-state index contributed by atoms with van der Waals surface area (Å²) in [6.07, 6.45) is 4.49. The van der Waals surface area contributed by atoms with Crippen molar-refractivity contribution in [1.82, 2.24) is 5.32 Å². The second-order valence-corrected chi connectivity index (χ2v) is 5.85. The zero-order valence-electron chi connectivity index (χ0n) is 12.9. The van der Waals surface area contributed by atoms with Gasteiger partial charge in [0.2, 0.25) is 0 Å². The van der Waals surface area contributed by atoms with Gasteiger partial charge in [0.15, 0.2) is 0 Å². The highest BCUT2D eigenvalue weighted by Crippen LogP contribution is 2.21. The molecule has 0 rings (SSSR count). The Hall–Kier alpha value is -0.810. The average Bonchev–Trinajstić information content (AvgIpc) is 2.35. The standard InChI is InChI=1S/C14H31N3O2/c1-12(2)19-11-6-5-9-16-10-7-8-14(3,4)13(15)17-18/h12,16,18H,5-11H2,1-4H3,(H2,15,17). The highest BCUT2D eigenvalue weighted by Gasteiger charge is 2.22. The van der Waals surface area contributed by atoms with E-state index in [0.717, 1.165) is 45.4 Å². The van der Waals surface area contributed by atoms with Crippen molar-refractivity contribution in [2.75, 3.05) is 19.7 Å². The molecule has 0 saturated carbocycles. The van der Waals surface area contributed by atoms with E-state index >= 15 is 0 Å². The van der Waals surface area contributed by atoms with Gasteiger partial charge < -0.3 is 21.0 Å². The lowest BCUT2D eigenvalue weighted by molar-refractivity contribution is 0.0760. The summed E-state index contributed by atoms with van der Waals surface area (Å²) in [5.74, 6) is 0.304. The van der Waals surface area contributed by atoms with Gasteiger partial charge in [-0.3, -0.25) is 0 Å². The van der Waals surface area contributed by atoms with Crippen molar-refractivity contribution < 1.29 is 9.94 Å². The molecule has 0 atom stereocenters. The maximum Gasteiger partial charge on any atom is 0.144 e. The topological polar surface area (TPSA) is 79.9 Å². The first-order valence-corrected chi connectivity index (χ1v) is 7.20. The smallest absolute Gasteiger partial charge is 0.144 e. The van der Waals surface area contributed by atoms with Crippen molar-refractivity contribution in [2.45, 2.75) is 59.5 Å². The van der Waals surface area contributed by atoms with Crippen LogP contribution in [0.5, 0.6) is 0 Å². The van der Waals surface area contributed by atoms with Crippen molar-refractivity contribution in [2.24, 2.45) is 16.3 Å². The van der Waals surface area contributed by atoms with Crippen LogP contribution in [0.25, 0.3) is 0 Å². The largest absolute Gasteiger partial charge is 0.409 e. The lowest BCUT2D eigenvalue weighted by atomic mass is 9.86. The van der Waals surface area contributed by atoms with E-state index in [4.69, 9.17) is 15.7 Å². The summed E-state index contributed by atoms with van der Waals surface area (Å²) in [5.41, 5.74) is 5.40. The number of hydrogen-bond donors (Lipinski definition) is 3. The second-order valence-electron chi connectivity index (χ2n) is 5.85. The monoisotopic (exact) mass is 273 g/mol. The molecule has 4 N–H and O–H groups in total. The first-order valence-electron chi connectivity index (χ1n) is 7.20. The van der Waals surface area contributed by atoms with Gasteiger partial charge in [0, 0.05) is 12.0 Å². The molecular formula is C14H31N3O2. The van der Waals surface area contributed by atoms with Gasteiger partial charge in [-0.15, -0.1) is 0 Å². The van der Waals surface area contributed by atoms with Crippen LogP contribution in [-0.4, -0.2) is 36.8 Å². The Morgan fingerprint density at radius 3 is 2.47 bits per heavy atom. The van der Waals surface area contributed by atoms with Crippen LogP contribution < -0.4 is 11.1 Å². The number of ether oxygens (including phenoxy) is 1. The summed E-state index contributed by atoms with van der Waals surface area (Å²) in [6.45, 7) is 10.9. The minimum atomic E-state index is -0.235. The fourth-order valence-corrected chi connectivity index (χ4v) is 1.71. The fourth-order valence-electron chi connectivity index (χ4n) is 1.71. The molecule has 5 heteroatoms. The summed E-state index contributed by atoms with van der Waals surface area (Å²) in [7, 11) is 0. The van der Waals surface area contributed by atoms with Gasteiger partial charge in [0.05, 0.1) is 6.10 Å². The zero-order valence-corrected chi connectivity index (χ0v) is 12.9. The lowest BCUT2D eigenvalue weighted by Gasteiger charge is -2.22. The first-order chi connectivity index (χ1) is 8.90. The minimum Gasteiger partial charge on any atom is -0.409 e. The van der Waals surface area contributed by atoms with Crippen LogP contribution in [0, 0.1) is 5.41 Å². The second kappa shape index (κ2) is 10.0. The van der Waals surface area contributed by atoms with Crippen LogP contribution in [0.2, 0.25) is 0 Å². The van der Waals surface area contributed by atoms with E-state index in [1.54, 1.807) is 0 Å². The average molecular weight is 273 g/mol. The van der Waals surface area contributed by atoms with E-state index in [1.165, 1.54) is 0 Å². The van der Waals surface area contributed by atoms with Crippen LogP contribution in [0.4, 0.5) is 0 Å². The summed E-state index contributed by atoms with van der Waals surface area (Å²) >= 11 is 0. The summed E-state index contributed by atoms with van der Waals surface area (Å²) in [4.78, 5) is 0. The third-order valence-corrected chi connectivity index (χ3v) is 3.16. The molecule has 0 spiro atoms. The fraction of sp³-hybridized carbons (Fsp3) is 0.929. The van der Waals surface area contributed by atoms with Crippen LogP contribution in [0.1, 0.15) is 53.4 Å². The van der Waals surface area contributed by atoms with E-state index in [1.807, 2.05) is 13.8 Å². The predicted octanol–water partition coefficient (Wildman–Crippen LogP) is 2.33. The van der Waals surface area contributed by atoms with E-state index in [9.17, 15) is 0 Å². The van der Waals surface area contributed by atoms with Crippen LogP contribution in [-0.2, 0) is 4.74 Å². The van der Waals surface area contributed by atoms with Gasteiger partial charge in [-0.05, 0) is 52.6 Å². The molecule has 0 aromatic rings. The molecule has 19 heavy (non-hydrogen) atoms. The van der Waals surface area contributed by atoms with Crippen LogP contribution >= 0.6 is 0 Å². The molecule has 0 radical (unpaired) electrons. The molecule has 5 nitrogen and oxygen atoms in total. The van der Waals surface area contributed by atoms with Crippen molar-refractivity contribution in [3.8, 4) is 0 Å². The molecule has 0 aromatic heterocycles. The number of amidine groups is 1. The quantitative estimate of drug-likeness (QED) is 0.177. The number of nitrogens with two attached hydrogens (primary N) is 1. The number of unbranched alkanes of at least 4 members (excludes halogenated alkanes) is 1. The molecule has 0 bridgehead atoms. The molecule has 114 valence electrons. The molecule has 0 fully saturated rings. The third-order valence-electron chi connectivity index (χ3n) is 3.16. The van der Waals surface area contributed by atoms with Crippen molar-refractivity contribution >= 4 is 5.84 Å². The Balaban J connectivity index is 3.41. The Labute approximate surface area is 117 Å². The summed E-state index contributed by atoms with van der Waals surface area (Å²) in [6, 6.07) is 0. The molecule has 0 heterocycles. The normalized spacial score (nSPS) is 13.2. The molecule has 0 unspecified atom stereocenters. The first kappa shape index (κ1) is 18.2. The summed E-state index contributed by atoms with van der Waals surface area (Å²) in [5, 5.41) is 15.2. The van der Waals surface area contributed by atoms with Gasteiger partial charge in [-0.2, -0.15) is 0 Å². The molecule has 0 aliphatic rings. The van der Waals surface area contributed by atoms with Crippen molar-refractivity contribution in [3.63, 3.8) is 0 Å². The molecule has 0 aliphatic carbocycles. The number of oxime groups is 1. The molecule has 0 aliphatic heterocycles. The third kappa shape index (κ3) is 9.73. The molecular weight excluding hydrogens is 242 g/mol. The number of nitrogens with one attached hydrogen (secondary N) is 1. The molecule has 0 saturated heterocycles. The van der Waals surface area contributed by atoms with Crippen molar-refractivity contribution in [3.05, 3.63) is 0 Å². The highest BCUT2D eigenvalue weighted by molar-refractivity contribution is 5.85. The zero-order chi connectivity index (χ0) is 14.7. The Bertz CT molecular complexity index is 253. The van der Waals surface area contributed by atoms with Gasteiger partial charge in [0.25, 0.3) is 0 Å². The van der Waals surface area contributed by atoms with Crippen LogP contribution in [0.15, 0.2) is 5.16 Å². The number of nitrogens with zero attached hydrogens (tertiary/aromatic N) is 1. The maximum atomic E-state index is 8.67. The highest BCUT2D eigenvalue weighted by atomic mass is 16.5. The Kier molecular flexibility index (Phi) is 9.61. The molecule has 0 aromatic carbocycles. The Morgan fingerprint density at radius 1 is 1.26 bits per heavy atom. The van der Waals surface area contributed by atoms with Gasteiger partial charge >= 0.3 is 0 Å². The molecule has 0 amide bonds. The van der Waals surface area contributed by atoms with Crippen molar-refractivity contribution in [1.29, 1.82) is 0 Å².